The molecule has 0 atom stereocenters. The molecule has 0 saturated carbocycles. The van der Waals surface area contributed by atoms with Gasteiger partial charge in [0.25, 0.3) is 0 Å². The van der Waals surface area contributed by atoms with Crippen molar-refractivity contribution in [3.05, 3.63) is 23.8 Å². The Balaban J connectivity index is 3.05. The number of carboxylic acid groups (broad SMARTS) is 1. The lowest BCUT2D eigenvalue weighted by Crippen LogP contribution is -2.28. The molecule has 1 rings (SSSR count). The molecule has 0 saturated heterocycles. The molecular weight excluding hydrogens is 224 g/mol. The highest BCUT2D eigenvalue weighted by Crippen LogP contribution is 2.31. The van der Waals surface area contributed by atoms with Crippen LogP contribution in [-0.2, 0) is 0 Å². The molecule has 0 fully saturated rings. The standard InChI is InChI=1S/C12H16O5/c1-12(2,15)7-17-10-8(11(13)14)5-4-6-9(10)16-3/h4-6,15H,7H2,1-3H3,(H,13,14). The van der Waals surface area contributed by atoms with E-state index >= 15 is 0 Å². The minimum Gasteiger partial charge on any atom is -0.493 e. The maximum Gasteiger partial charge on any atom is 0.339 e. The van der Waals surface area contributed by atoms with Gasteiger partial charge in [0.1, 0.15) is 12.2 Å². The number of ether oxygens (including phenoxy) is 2. The molecule has 0 aliphatic carbocycles. The third-order valence-corrected chi connectivity index (χ3v) is 2.00. The van der Waals surface area contributed by atoms with Gasteiger partial charge in [0.15, 0.2) is 11.5 Å². The van der Waals surface area contributed by atoms with Crippen molar-refractivity contribution >= 4 is 5.97 Å². The lowest BCUT2D eigenvalue weighted by atomic mass is 10.1. The molecule has 0 aliphatic rings. The van der Waals surface area contributed by atoms with E-state index in [1.54, 1.807) is 26.0 Å². The van der Waals surface area contributed by atoms with Gasteiger partial charge in [-0.15, -0.1) is 0 Å². The number of carbonyl (C=O) groups is 1. The first-order valence-corrected chi connectivity index (χ1v) is 5.10. The average Bonchev–Trinajstić information content (AvgIpc) is 2.24. The summed E-state index contributed by atoms with van der Waals surface area (Å²) in [6.45, 7) is 3.12. The average molecular weight is 240 g/mol. The van der Waals surface area contributed by atoms with Gasteiger partial charge < -0.3 is 19.7 Å². The molecule has 0 bridgehead atoms. The van der Waals surface area contributed by atoms with Crippen LogP contribution in [0.15, 0.2) is 18.2 Å². The zero-order chi connectivity index (χ0) is 13.1. The molecule has 0 heterocycles. The Morgan fingerprint density at radius 3 is 2.53 bits per heavy atom. The van der Waals surface area contributed by atoms with E-state index in [0.29, 0.717) is 5.75 Å². The van der Waals surface area contributed by atoms with Crippen LogP contribution < -0.4 is 9.47 Å². The van der Waals surface area contributed by atoms with E-state index in [2.05, 4.69) is 0 Å². The molecule has 0 radical (unpaired) electrons. The number of hydrogen-bond acceptors (Lipinski definition) is 4. The first kappa shape index (κ1) is 13.3. The molecule has 0 aliphatic heterocycles. The monoisotopic (exact) mass is 240 g/mol. The number of para-hydroxylation sites is 1. The van der Waals surface area contributed by atoms with Crippen LogP contribution in [0.25, 0.3) is 0 Å². The fraction of sp³-hybridized carbons (Fsp3) is 0.417. The number of aromatic carboxylic acids is 1. The van der Waals surface area contributed by atoms with Gasteiger partial charge in [0.05, 0.1) is 12.7 Å². The van der Waals surface area contributed by atoms with Crippen molar-refractivity contribution in [1.29, 1.82) is 0 Å². The van der Waals surface area contributed by atoms with Crippen LogP contribution in [0.5, 0.6) is 11.5 Å². The third-order valence-electron chi connectivity index (χ3n) is 2.00. The highest BCUT2D eigenvalue weighted by atomic mass is 16.5. The second kappa shape index (κ2) is 5.05. The first-order valence-electron chi connectivity index (χ1n) is 5.10. The summed E-state index contributed by atoms with van der Waals surface area (Å²) in [5, 5.41) is 18.6. The molecule has 17 heavy (non-hydrogen) atoms. The number of aliphatic hydroxyl groups is 1. The third kappa shape index (κ3) is 3.64. The fourth-order valence-corrected chi connectivity index (χ4v) is 1.24. The lowest BCUT2D eigenvalue weighted by molar-refractivity contribution is 0.0266. The summed E-state index contributed by atoms with van der Waals surface area (Å²) in [5.74, 6) is -0.645. The predicted molar refractivity (Wildman–Crippen MR) is 61.7 cm³/mol. The molecule has 1 aromatic rings. The van der Waals surface area contributed by atoms with Crippen LogP contribution >= 0.6 is 0 Å². The van der Waals surface area contributed by atoms with Gasteiger partial charge in [-0.3, -0.25) is 0 Å². The second-order valence-corrected chi connectivity index (χ2v) is 4.24. The van der Waals surface area contributed by atoms with E-state index < -0.39 is 11.6 Å². The predicted octanol–water partition coefficient (Wildman–Crippen LogP) is 1.54. The van der Waals surface area contributed by atoms with E-state index in [1.807, 2.05) is 0 Å². The van der Waals surface area contributed by atoms with Crippen molar-refractivity contribution in [2.45, 2.75) is 19.4 Å². The summed E-state index contributed by atoms with van der Waals surface area (Å²) < 4.78 is 10.4. The maximum atomic E-state index is 11.0. The second-order valence-electron chi connectivity index (χ2n) is 4.24. The smallest absolute Gasteiger partial charge is 0.339 e. The molecule has 5 heteroatoms. The van der Waals surface area contributed by atoms with Gasteiger partial charge in [-0.25, -0.2) is 4.79 Å². The van der Waals surface area contributed by atoms with Crippen LogP contribution in [0.4, 0.5) is 0 Å². The Morgan fingerprint density at radius 2 is 2.06 bits per heavy atom. The van der Waals surface area contributed by atoms with Crippen LogP contribution in [-0.4, -0.2) is 35.5 Å². The number of benzene rings is 1. The van der Waals surface area contributed by atoms with E-state index in [0.717, 1.165) is 0 Å². The Kier molecular flexibility index (Phi) is 3.96. The molecule has 0 spiro atoms. The van der Waals surface area contributed by atoms with Crippen LogP contribution in [0.1, 0.15) is 24.2 Å². The Bertz CT molecular complexity index is 406. The molecule has 5 nitrogen and oxygen atoms in total. The Morgan fingerprint density at radius 1 is 1.41 bits per heavy atom. The van der Waals surface area contributed by atoms with Crippen molar-refractivity contribution in [2.24, 2.45) is 0 Å². The van der Waals surface area contributed by atoms with Gasteiger partial charge >= 0.3 is 5.97 Å². The van der Waals surface area contributed by atoms with Gasteiger partial charge in [-0.05, 0) is 26.0 Å². The first-order chi connectivity index (χ1) is 7.85. The quantitative estimate of drug-likeness (QED) is 0.816. The van der Waals surface area contributed by atoms with Crippen LogP contribution in [0.3, 0.4) is 0 Å². The minimum absolute atomic E-state index is 0.00796. The number of hydrogen-bond donors (Lipinski definition) is 2. The highest BCUT2D eigenvalue weighted by molar-refractivity contribution is 5.92. The van der Waals surface area contributed by atoms with Gasteiger partial charge in [-0.1, -0.05) is 6.07 Å². The topological polar surface area (TPSA) is 76.0 Å². The van der Waals surface area contributed by atoms with Crippen molar-refractivity contribution in [1.82, 2.24) is 0 Å². The highest BCUT2D eigenvalue weighted by Gasteiger charge is 2.20. The molecule has 0 aromatic heterocycles. The van der Waals surface area contributed by atoms with Gasteiger partial charge in [0.2, 0.25) is 0 Å². The fourth-order valence-electron chi connectivity index (χ4n) is 1.24. The van der Waals surface area contributed by atoms with E-state index in [9.17, 15) is 9.90 Å². The van der Waals surface area contributed by atoms with E-state index in [4.69, 9.17) is 14.6 Å². The van der Waals surface area contributed by atoms with Crippen molar-refractivity contribution in [3.8, 4) is 11.5 Å². The number of carboxylic acids is 1. The summed E-state index contributed by atoms with van der Waals surface area (Å²) in [6.07, 6.45) is 0. The SMILES string of the molecule is COc1cccc(C(=O)O)c1OCC(C)(C)O. The lowest BCUT2D eigenvalue weighted by Gasteiger charge is -2.20. The Labute approximate surface area is 99.6 Å². The zero-order valence-corrected chi connectivity index (χ0v) is 10.1. The van der Waals surface area contributed by atoms with E-state index in [-0.39, 0.29) is 17.9 Å². The maximum absolute atomic E-state index is 11.0. The summed E-state index contributed by atoms with van der Waals surface area (Å²) in [7, 11) is 1.43. The van der Waals surface area contributed by atoms with Crippen molar-refractivity contribution in [3.63, 3.8) is 0 Å². The summed E-state index contributed by atoms with van der Waals surface area (Å²) in [6, 6.07) is 4.59. The minimum atomic E-state index is -1.10. The molecule has 0 amide bonds. The number of rotatable bonds is 5. The van der Waals surface area contributed by atoms with Gasteiger partial charge in [0, 0.05) is 0 Å². The summed E-state index contributed by atoms with van der Waals surface area (Å²) >= 11 is 0. The molecule has 1 aromatic carbocycles. The molecular formula is C12H16O5. The van der Waals surface area contributed by atoms with Crippen molar-refractivity contribution < 1.29 is 24.5 Å². The molecule has 2 N–H and O–H groups in total. The van der Waals surface area contributed by atoms with Crippen LogP contribution in [0.2, 0.25) is 0 Å². The molecule has 94 valence electrons. The largest absolute Gasteiger partial charge is 0.493 e. The molecule has 0 unspecified atom stereocenters. The van der Waals surface area contributed by atoms with Crippen LogP contribution in [0, 0.1) is 0 Å². The zero-order valence-electron chi connectivity index (χ0n) is 10.1. The van der Waals surface area contributed by atoms with Gasteiger partial charge in [-0.2, -0.15) is 0 Å². The summed E-state index contributed by atoms with van der Waals surface area (Å²) in [5.41, 5.74) is -1.04. The van der Waals surface area contributed by atoms with E-state index in [1.165, 1.54) is 13.2 Å². The van der Waals surface area contributed by atoms with Crippen molar-refractivity contribution in [2.75, 3.05) is 13.7 Å². The Hall–Kier alpha value is -1.75. The summed E-state index contributed by atoms with van der Waals surface area (Å²) in [4.78, 5) is 11.0. The normalized spacial score (nSPS) is 11.1. The number of methoxy groups -OCH3 is 1.